The number of hydrogen-bond donors (Lipinski definition) is 1. The first-order valence-corrected chi connectivity index (χ1v) is 3.73. The van der Waals surface area contributed by atoms with E-state index in [1.807, 2.05) is 0 Å². The molecule has 66 valence electrons. The molecule has 1 aromatic heterocycles. The normalized spacial score (nSPS) is 10.5. The van der Waals surface area contributed by atoms with Gasteiger partial charge in [-0.2, -0.15) is 0 Å². The number of aldehydes is 1. The summed E-state index contributed by atoms with van der Waals surface area (Å²) in [6.45, 7) is 0. The maximum Gasteiger partial charge on any atom is 0.152 e. The van der Waals surface area contributed by atoms with E-state index in [0.717, 1.165) is 0 Å². The topological polar surface area (TPSA) is 48.0 Å². The number of carbonyl (C=O) groups is 1. The van der Waals surface area contributed by atoms with Gasteiger partial charge in [0.2, 0.25) is 0 Å². The van der Waals surface area contributed by atoms with Crippen LogP contribution in [0.2, 0.25) is 0 Å². The Kier molecular flexibility index (Phi) is 1.55. The third-order valence-corrected chi connectivity index (χ3v) is 1.95. The van der Waals surface area contributed by atoms with Crippen molar-refractivity contribution >= 4 is 17.2 Å². The van der Waals surface area contributed by atoms with Crippen LogP contribution in [0.4, 0.5) is 4.39 Å². The Morgan fingerprint density at radius 3 is 2.92 bits per heavy atom. The number of nitrogens with two attached hydrogens (primary N) is 1. The fourth-order valence-electron chi connectivity index (χ4n) is 1.35. The van der Waals surface area contributed by atoms with E-state index in [4.69, 9.17) is 5.84 Å². The van der Waals surface area contributed by atoms with Crippen LogP contribution < -0.4 is 5.84 Å². The van der Waals surface area contributed by atoms with E-state index in [9.17, 15) is 9.18 Å². The summed E-state index contributed by atoms with van der Waals surface area (Å²) in [5.41, 5.74) is 1.04. The van der Waals surface area contributed by atoms with Crippen LogP contribution in [0.25, 0.3) is 10.9 Å². The van der Waals surface area contributed by atoms with E-state index < -0.39 is 0 Å². The molecule has 0 fully saturated rings. The van der Waals surface area contributed by atoms with Gasteiger partial charge in [-0.05, 0) is 18.2 Å². The van der Waals surface area contributed by atoms with E-state index in [0.29, 0.717) is 22.8 Å². The van der Waals surface area contributed by atoms with Gasteiger partial charge in [0, 0.05) is 17.1 Å². The quantitative estimate of drug-likeness (QED) is 0.528. The summed E-state index contributed by atoms with van der Waals surface area (Å²) in [4.78, 5) is 10.6. The third-order valence-electron chi connectivity index (χ3n) is 1.95. The first-order valence-electron chi connectivity index (χ1n) is 3.73. The fraction of sp³-hybridized carbons (Fsp3) is 0. The van der Waals surface area contributed by atoms with Crippen LogP contribution in [0.15, 0.2) is 24.4 Å². The molecular formula is C9H7FN2O. The summed E-state index contributed by atoms with van der Waals surface area (Å²) in [7, 11) is 0. The van der Waals surface area contributed by atoms with E-state index in [1.54, 1.807) is 0 Å². The zero-order valence-electron chi connectivity index (χ0n) is 6.70. The molecule has 0 saturated heterocycles. The predicted octanol–water partition coefficient (Wildman–Crippen LogP) is 1.31. The Labute approximate surface area is 73.5 Å². The molecule has 0 unspecified atom stereocenters. The Hall–Kier alpha value is -1.84. The monoisotopic (exact) mass is 178 g/mol. The van der Waals surface area contributed by atoms with Gasteiger partial charge in [-0.3, -0.25) is 9.47 Å². The predicted molar refractivity (Wildman–Crippen MR) is 47.4 cm³/mol. The molecule has 0 radical (unpaired) electrons. The average molecular weight is 178 g/mol. The smallest absolute Gasteiger partial charge is 0.152 e. The van der Waals surface area contributed by atoms with Gasteiger partial charge in [-0.1, -0.05) is 0 Å². The minimum atomic E-state index is -0.373. The van der Waals surface area contributed by atoms with E-state index in [1.165, 1.54) is 29.1 Å². The molecule has 0 atom stereocenters. The number of hydrogen-bond acceptors (Lipinski definition) is 2. The van der Waals surface area contributed by atoms with Crippen LogP contribution in [0.5, 0.6) is 0 Å². The van der Waals surface area contributed by atoms with E-state index >= 15 is 0 Å². The second kappa shape index (κ2) is 2.58. The second-order valence-electron chi connectivity index (χ2n) is 2.77. The summed E-state index contributed by atoms with van der Waals surface area (Å²) < 4.78 is 14.1. The molecule has 0 aliphatic rings. The lowest BCUT2D eigenvalue weighted by Crippen LogP contribution is -2.04. The van der Waals surface area contributed by atoms with Gasteiger partial charge in [-0.15, -0.1) is 0 Å². The summed E-state index contributed by atoms with van der Waals surface area (Å²) in [5, 5.41) is 0.539. The minimum absolute atomic E-state index is 0.373. The summed E-state index contributed by atoms with van der Waals surface area (Å²) >= 11 is 0. The molecule has 0 aliphatic heterocycles. The van der Waals surface area contributed by atoms with Gasteiger partial charge in [0.05, 0.1) is 5.52 Å². The van der Waals surface area contributed by atoms with Crippen LogP contribution in [-0.2, 0) is 0 Å². The van der Waals surface area contributed by atoms with E-state index in [2.05, 4.69) is 0 Å². The number of nitrogen functional groups attached to an aromatic ring is 1. The highest BCUT2D eigenvalue weighted by Crippen LogP contribution is 2.19. The number of halogens is 1. The molecule has 0 spiro atoms. The average Bonchev–Trinajstić information content (AvgIpc) is 2.42. The SMILES string of the molecule is Nn1cc(C=O)c2cc(F)ccc21. The Bertz CT molecular complexity index is 476. The highest BCUT2D eigenvalue weighted by molar-refractivity contribution is 5.97. The zero-order valence-corrected chi connectivity index (χ0v) is 6.70. The minimum Gasteiger partial charge on any atom is -0.339 e. The number of rotatable bonds is 1. The number of nitrogens with zero attached hydrogens (tertiary/aromatic N) is 1. The fourth-order valence-corrected chi connectivity index (χ4v) is 1.35. The number of fused-ring (bicyclic) bond motifs is 1. The van der Waals surface area contributed by atoms with Crippen molar-refractivity contribution in [3.05, 3.63) is 35.8 Å². The van der Waals surface area contributed by atoms with Crippen molar-refractivity contribution in [1.29, 1.82) is 0 Å². The Morgan fingerprint density at radius 1 is 1.46 bits per heavy atom. The van der Waals surface area contributed by atoms with Crippen LogP contribution in [-0.4, -0.2) is 11.0 Å². The van der Waals surface area contributed by atoms with Crippen molar-refractivity contribution in [2.24, 2.45) is 0 Å². The lowest BCUT2D eigenvalue weighted by Gasteiger charge is -1.94. The molecule has 0 bridgehead atoms. The molecule has 0 amide bonds. The van der Waals surface area contributed by atoms with Crippen molar-refractivity contribution in [2.45, 2.75) is 0 Å². The van der Waals surface area contributed by atoms with E-state index in [-0.39, 0.29) is 5.82 Å². The summed E-state index contributed by atoms with van der Waals surface area (Å²) in [6, 6.07) is 4.14. The summed E-state index contributed by atoms with van der Waals surface area (Å²) in [5.74, 6) is 5.16. The molecule has 1 aromatic carbocycles. The van der Waals surface area contributed by atoms with Gasteiger partial charge >= 0.3 is 0 Å². The van der Waals surface area contributed by atoms with Crippen LogP contribution in [0, 0.1) is 5.82 Å². The highest BCUT2D eigenvalue weighted by atomic mass is 19.1. The van der Waals surface area contributed by atoms with Crippen LogP contribution in [0.3, 0.4) is 0 Å². The third kappa shape index (κ3) is 1.07. The lowest BCUT2D eigenvalue weighted by atomic mass is 10.2. The Morgan fingerprint density at radius 2 is 2.23 bits per heavy atom. The lowest BCUT2D eigenvalue weighted by molar-refractivity contribution is 0.112. The zero-order chi connectivity index (χ0) is 9.42. The van der Waals surface area contributed by atoms with Crippen LogP contribution >= 0.6 is 0 Å². The second-order valence-corrected chi connectivity index (χ2v) is 2.77. The molecule has 2 aromatic rings. The molecule has 4 heteroatoms. The molecule has 0 saturated carbocycles. The van der Waals surface area contributed by atoms with Gasteiger partial charge in [0.1, 0.15) is 5.82 Å². The molecule has 13 heavy (non-hydrogen) atoms. The molecule has 1 heterocycles. The number of aromatic nitrogens is 1. The van der Waals surface area contributed by atoms with Crippen LogP contribution in [0.1, 0.15) is 10.4 Å². The van der Waals surface area contributed by atoms with Crippen molar-refractivity contribution in [3.8, 4) is 0 Å². The molecule has 2 rings (SSSR count). The van der Waals surface area contributed by atoms with Crippen molar-refractivity contribution in [3.63, 3.8) is 0 Å². The first-order chi connectivity index (χ1) is 6.22. The molecular weight excluding hydrogens is 171 g/mol. The number of carbonyl (C=O) groups excluding carboxylic acids is 1. The summed E-state index contributed by atoms with van der Waals surface area (Å²) in [6.07, 6.45) is 2.13. The number of benzene rings is 1. The van der Waals surface area contributed by atoms with Crippen molar-refractivity contribution < 1.29 is 9.18 Å². The van der Waals surface area contributed by atoms with Gasteiger partial charge in [0.25, 0.3) is 0 Å². The first kappa shape index (κ1) is 7.79. The molecule has 0 aliphatic carbocycles. The largest absolute Gasteiger partial charge is 0.339 e. The standard InChI is InChI=1S/C9H7FN2O/c10-7-1-2-9-8(3-7)6(5-13)4-12(9)11/h1-5H,11H2. The van der Waals surface area contributed by atoms with Gasteiger partial charge < -0.3 is 5.84 Å². The highest BCUT2D eigenvalue weighted by Gasteiger charge is 2.06. The maximum absolute atomic E-state index is 12.8. The van der Waals surface area contributed by atoms with Gasteiger partial charge in [0.15, 0.2) is 6.29 Å². The van der Waals surface area contributed by atoms with Crippen molar-refractivity contribution in [2.75, 3.05) is 5.84 Å². The maximum atomic E-state index is 12.8. The van der Waals surface area contributed by atoms with Crippen molar-refractivity contribution in [1.82, 2.24) is 4.68 Å². The molecule has 3 nitrogen and oxygen atoms in total. The molecule has 2 N–H and O–H groups in total. The van der Waals surface area contributed by atoms with Gasteiger partial charge in [-0.25, -0.2) is 4.39 Å². The Balaban J connectivity index is 2.89.